The van der Waals surface area contributed by atoms with Gasteiger partial charge >= 0.3 is 0 Å². The second-order valence-corrected chi connectivity index (χ2v) is 7.18. The van der Waals surface area contributed by atoms with Crippen LogP contribution in [0.5, 0.6) is 5.75 Å². The SMILES string of the molecule is Cc1ccc(NC(=O)CSc2nnc([C@H](C)Oc3ccc(F)cc3)o2)cc1C. The molecule has 0 unspecified atom stereocenters. The number of carbonyl (C=O) groups excluding carboxylic acids is 1. The van der Waals surface area contributed by atoms with Crippen molar-refractivity contribution in [2.75, 3.05) is 11.1 Å². The molecule has 0 saturated heterocycles. The van der Waals surface area contributed by atoms with E-state index >= 15 is 0 Å². The van der Waals surface area contributed by atoms with Gasteiger partial charge in [0, 0.05) is 5.69 Å². The van der Waals surface area contributed by atoms with Crippen molar-refractivity contribution >= 4 is 23.4 Å². The van der Waals surface area contributed by atoms with Gasteiger partial charge < -0.3 is 14.5 Å². The highest BCUT2D eigenvalue weighted by atomic mass is 32.2. The maximum atomic E-state index is 12.9. The number of hydrogen-bond acceptors (Lipinski definition) is 6. The van der Waals surface area contributed by atoms with Gasteiger partial charge in [0.15, 0.2) is 6.10 Å². The molecule has 1 aromatic heterocycles. The van der Waals surface area contributed by atoms with E-state index in [0.29, 0.717) is 5.75 Å². The third kappa shape index (κ3) is 5.32. The van der Waals surface area contributed by atoms with Crippen LogP contribution < -0.4 is 10.1 Å². The molecule has 0 spiro atoms. The smallest absolute Gasteiger partial charge is 0.277 e. The molecule has 28 heavy (non-hydrogen) atoms. The molecule has 1 amide bonds. The topological polar surface area (TPSA) is 77.2 Å². The van der Waals surface area contributed by atoms with Crippen molar-refractivity contribution in [2.45, 2.75) is 32.1 Å². The average Bonchev–Trinajstić information content (AvgIpc) is 3.14. The number of benzene rings is 2. The summed E-state index contributed by atoms with van der Waals surface area (Å²) in [6.45, 7) is 5.76. The molecule has 1 N–H and O–H groups in total. The molecule has 1 heterocycles. The molecule has 3 aromatic rings. The van der Waals surface area contributed by atoms with Crippen LogP contribution in [0, 0.1) is 19.7 Å². The first-order valence-corrected chi connectivity index (χ1v) is 9.65. The van der Waals surface area contributed by atoms with E-state index < -0.39 is 6.10 Å². The van der Waals surface area contributed by atoms with Crippen molar-refractivity contribution in [2.24, 2.45) is 0 Å². The summed E-state index contributed by atoms with van der Waals surface area (Å²) in [5.74, 6) is 0.413. The molecule has 6 nitrogen and oxygen atoms in total. The van der Waals surface area contributed by atoms with Crippen LogP contribution in [0.15, 0.2) is 52.1 Å². The van der Waals surface area contributed by atoms with Gasteiger partial charge in [-0.25, -0.2) is 4.39 Å². The van der Waals surface area contributed by atoms with E-state index in [-0.39, 0.29) is 28.6 Å². The van der Waals surface area contributed by atoms with Crippen molar-refractivity contribution < 1.29 is 18.3 Å². The predicted molar refractivity (Wildman–Crippen MR) is 105 cm³/mol. The van der Waals surface area contributed by atoms with Crippen molar-refractivity contribution in [1.82, 2.24) is 10.2 Å². The molecular formula is C20H20FN3O3S. The molecule has 1 atom stereocenters. The minimum absolute atomic E-state index is 0.141. The normalized spacial score (nSPS) is 11.9. The van der Waals surface area contributed by atoms with Gasteiger partial charge in [0.2, 0.25) is 5.91 Å². The molecule has 8 heteroatoms. The van der Waals surface area contributed by atoms with Crippen LogP contribution in [0.1, 0.15) is 30.0 Å². The fourth-order valence-corrected chi connectivity index (χ4v) is 2.92. The number of aromatic nitrogens is 2. The summed E-state index contributed by atoms with van der Waals surface area (Å²) in [6, 6.07) is 11.4. The molecule has 0 aliphatic heterocycles. The lowest BCUT2D eigenvalue weighted by Crippen LogP contribution is -2.14. The minimum atomic E-state index is -0.503. The monoisotopic (exact) mass is 401 g/mol. The molecule has 0 aliphatic rings. The fourth-order valence-electron chi connectivity index (χ4n) is 2.35. The van der Waals surface area contributed by atoms with Gasteiger partial charge in [0.1, 0.15) is 11.6 Å². The Morgan fingerprint density at radius 1 is 1.18 bits per heavy atom. The van der Waals surface area contributed by atoms with E-state index in [1.807, 2.05) is 32.0 Å². The van der Waals surface area contributed by atoms with Gasteiger partial charge in [0.25, 0.3) is 11.1 Å². The summed E-state index contributed by atoms with van der Waals surface area (Å²) in [5.41, 5.74) is 3.03. The second-order valence-electron chi connectivity index (χ2n) is 6.26. The second kappa shape index (κ2) is 8.88. The zero-order valence-electron chi connectivity index (χ0n) is 15.7. The Kier molecular flexibility index (Phi) is 6.30. The summed E-state index contributed by atoms with van der Waals surface area (Å²) in [5, 5.41) is 11.0. The zero-order chi connectivity index (χ0) is 20.1. The molecule has 0 saturated carbocycles. The average molecular weight is 401 g/mol. The Hall–Kier alpha value is -2.87. The number of halogens is 1. The van der Waals surface area contributed by atoms with Gasteiger partial charge in [-0.1, -0.05) is 17.8 Å². The summed E-state index contributed by atoms with van der Waals surface area (Å²) in [7, 11) is 0. The van der Waals surface area contributed by atoms with Crippen molar-refractivity contribution in [3.63, 3.8) is 0 Å². The molecule has 0 fully saturated rings. The Morgan fingerprint density at radius 3 is 2.64 bits per heavy atom. The van der Waals surface area contributed by atoms with E-state index in [9.17, 15) is 9.18 Å². The number of aryl methyl sites for hydroxylation is 2. The van der Waals surface area contributed by atoms with E-state index in [4.69, 9.17) is 9.15 Å². The number of thioether (sulfide) groups is 1. The summed E-state index contributed by atoms with van der Waals surface area (Å²) in [4.78, 5) is 12.1. The first-order valence-electron chi connectivity index (χ1n) is 8.66. The lowest BCUT2D eigenvalue weighted by Gasteiger charge is -2.10. The Labute approximate surface area is 166 Å². The third-order valence-electron chi connectivity index (χ3n) is 4.01. The lowest BCUT2D eigenvalue weighted by molar-refractivity contribution is -0.113. The van der Waals surface area contributed by atoms with Gasteiger partial charge in [-0.3, -0.25) is 4.79 Å². The number of nitrogens with one attached hydrogen (secondary N) is 1. The summed E-state index contributed by atoms with van der Waals surface area (Å²) >= 11 is 1.14. The van der Waals surface area contributed by atoms with E-state index in [1.54, 1.807) is 6.92 Å². The maximum absolute atomic E-state index is 12.9. The minimum Gasteiger partial charge on any atom is -0.481 e. The van der Waals surface area contributed by atoms with Crippen LogP contribution >= 0.6 is 11.8 Å². The van der Waals surface area contributed by atoms with Crippen LogP contribution in [0.25, 0.3) is 0 Å². The largest absolute Gasteiger partial charge is 0.481 e. The first-order chi connectivity index (χ1) is 13.4. The number of hydrogen-bond donors (Lipinski definition) is 1. The van der Waals surface area contributed by atoms with Crippen molar-refractivity contribution in [3.05, 3.63) is 65.3 Å². The number of rotatable bonds is 7. The molecular weight excluding hydrogens is 381 g/mol. The lowest BCUT2D eigenvalue weighted by atomic mass is 10.1. The van der Waals surface area contributed by atoms with Gasteiger partial charge in [-0.05, 0) is 68.3 Å². The third-order valence-corrected chi connectivity index (χ3v) is 4.83. The van der Waals surface area contributed by atoms with Crippen LogP contribution in [-0.4, -0.2) is 21.9 Å². The fraction of sp³-hybridized carbons (Fsp3) is 0.250. The zero-order valence-corrected chi connectivity index (χ0v) is 16.5. The van der Waals surface area contributed by atoms with E-state index in [0.717, 1.165) is 23.0 Å². The van der Waals surface area contributed by atoms with Gasteiger partial charge in [0.05, 0.1) is 5.75 Å². The number of ether oxygens (including phenoxy) is 1. The van der Waals surface area contributed by atoms with Gasteiger partial charge in [-0.15, -0.1) is 10.2 Å². The van der Waals surface area contributed by atoms with Crippen LogP contribution in [0.2, 0.25) is 0 Å². The van der Waals surface area contributed by atoms with Crippen molar-refractivity contribution in [3.8, 4) is 5.75 Å². The standard InChI is InChI=1S/C20H20FN3O3S/c1-12-4-7-16(10-13(12)2)22-18(25)11-28-20-24-23-19(27-20)14(3)26-17-8-5-15(21)6-9-17/h4-10,14H,11H2,1-3H3,(H,22,25)/t14-/m0/s1. The quantitative estimate of drug-likeness (QED) is 0.579. The van der Waals surface area contributed by atoms with Crippen LogP contribution in [0.3, 0.4) is 0 Å². The molecule has 2 aromatic carbocycles. The first kappa shape index (κ1) is 19.9. The Bertz CT molecular complexity index is 960. The van der Waals surface area contributed by atoms with Gasteiger partial charge in [-0.2, -0.15) is 0 Å². The molecule has 0 bridgehead atoms. The molecule has 0 aliphatic carbocycles. The van der Waals surface area contributed by atoms with Crippen LogP contribution in [-0.2, 0) is 4.79 Å². The highest BCUT2D eigenvalue weighted by Crippen LogP contribution is 2.24. The Balaban J connectivity index is 1.51. The number of nitrogens with zero attached hydrogens (tertiary/aromatic N) is 2. The predicted octanol–water partition coefficient (Wildman–Crippen LogP) is 4.70. The van der Waals surface area contributed by atoms with Crippen LogP contribution in [0.4, 0.5) is 10.1 Å². The number of amides is 1. The summed E-state index contributed by atoms with van der Waals surface area (Å²) < 4.78 is 24.1. The summed E-state index contributed by atoms with van der Waals surface area (Å²) in [6.07, 6.45) is -0.503. The number of carbonyl (C=O) groups is 1. The molecule has 146 valence electrons. The molecule has 0 radical (unpaired) electrons. The van der Waals surface area contributed by atoms with E-state index in [2.05, 4.69) is 15.5 Å². The maximum Gasteiger partial charge on any atom is 0.277 e. The Morgan fingerprint density at radius 2 is 1.93 bits per heavy atom. The van der Waals surface area contributed by atoms with Crippen molar-refractivity contribution in [1.29, 1.82) is 0 Å². The molecule has 3 rings (SSSR count). The number of anilines is 1. The highest BCUT2D eigenvalue weighted by molar-refractivity contribution is 7.99. The highest BCUT2D eigenvalue weighted by Gasteiger charge is 2.17. The van der Waals surface area contributed by atoms with E-state index in [1.165, 1.54) is 29.8 Å².